The van der Waals surface area contributed by atoms with E-state index in [4.69, 9.17) is 0 Å². The van der Waals surface area contributed by atoms with Gasteiger partial charge in [0.15, 0.2) is 0 Å². The molecule has 1 aliphatic rings. The van der Waals surface area contributed by atoms with Gasteiger partial charge in [-0.25, -0.2) is 0 Å². The Bertz CT molecular complexity index is 335. The molecule has 0 saturated carbocycles. The van der Waals surface area contributed by atoms with Gasteiger partial charge >= 0.3 is 0 Å². The first-order valence-electron chi connectivity index (χ1n) is 3.22. The third-order valence-electron chi connectivity index (χ3n) is 1.84. The molecule has 56 valence electrons. The molecule has 0 N–H and O–H groups in total. The van der Waals surface area contributed by atoms with Crippen LogP contribution in [0.25, 0.3) is 0 Å². The van der Waals surface area contributed by atoms with Crippen molar-refractivity contribution in [2.75, 3.05) is 11.9 Å². The van der Waals surface area contributed by atoms with Gasteiger partial charge in [-0.1, -0.05) is 0 Å². The molecule has 0 amide bonds. The highest BCUT2D eigenvalue weighted by atomic mass is 16.6. The van der Waals surface area contributed by atoms with Crippen molar-refractivity contribution in [1.82, 2.24) is 0 Å². The molecule has 1 heterocycles. The highest BCUT2D eigenvalue weighted by Crippen LogP contribution is 2.47. The molecule has 0 saturated heterocycles. The van der Waals surface area contributed by atoms with E-state index in [1.54, 1.807) is 12.1 Å². The van der Waals surface area contributed by atoms with Crippen LogP contribution in [0.4, 0.5) is 17.1 Å². The molecular weight excluding hydrogens is 144 g/mol. The second-order valence-electron chi connectivity index (χ2n) is 2.49. The summed E-state index contributed by atoms with van der Waals surface area (Å²) < 4.78 is 0. The first-order chi connectivity index (χ1) is 5.20. The van der Waals surface area contributed by atoms with Crippen LogP contribution in [0.5, 0.6) is 0 Å². The van der Waals surface area contributed by atoms with Gasteiger partial charge in [-0.15, -0.1) is 0 Å². The Hall–Kier alpha value is -1.58. The highest BCUT2D eigenvalue weighted by molar-refractivity contribution is 5.93. The van der Waals surface area contributed by atoms with Crippen LogP contribution in [0.15, 0.2) is 18.2 Å². The molecule has 0 atom stereocenters. The maximum absolute atomic E-state index is 10.3. The number of fused-ring (bicyclic) bond motifs is 1. The maximum atomic E-state index is 10.3. The Balaban J connectivity index is 2.44. The topological polar surface area (TPSA) is 46.1 Å². The number of nitro benzene ring substituents is 1. The van der Waals surface area contributed by atoms with Gasteiger partial charge in [0.2, 0.25) is 0 Å². The van der Waals surface area contributed by atoms with E-state index < -0.39 is 0 Å². The maximum Gasteiger partial charge on any atom is 0.271 e. The van der Waals surface area contributed by atoms with Crippen LogP contribution in [0.3, 0.4) is 0 Å². The molecular formula is C7H6N2O2. The van der Waals surface area contributed by atoms with E-state index in [9.17, 15) is 10.1 Å². The normalized spacial score (nSPS) is 12.6. The van der Waals surface area contributed by atoms with E-state index >= 15 is 0 Å². The quantitative estimate of drug-likeness (QED) is 0.347. The van der Waals surface area contributed by atoms with Crippen molar-refractivity contribution in [2.24, 2.45) is 0 Å². The number of nitro groups is 1. The lowest BCUT2D eigenvalue weighted by Crippen LogP contribution is -1.84. The van der Waals surface area contributed by atoms with Crippen molar-refractivity contribution in [2.45, 2.75) is 0 Å². The molecule has 0 fully saturated rings. The van der Waals surface area contributed by atoms with E-state index in [1.807, 2.05) is 11.9 Å². The lowest BCUT2D eigenvalue weighted by Gasteiger charge is -1.84. The molecule has 1 aliphatic heterocycles. The second kappa shape index (κ2) is 1.72. The average Bonchev–Trinajstić information content (AvgIpc) is 2.62. The largest absolute Gasteiger partial charge is 0.341 e. The van der Waals surface area contributed by atoms with E-state index in [-0.39, 0.29) is 10.6 Å². The number of nitrogens with zero attached hydrogens (tertiary/aromatic N) is 2. The minimum Gasteiger partial charge on any atom is -0.341 e. The standard InChI is InChI=1S/C7H6N2O2/c1-8-6-3-2-5(9(10)11)4-7(6)8/h2-4H,1H3. The molecule has 0 unspecified atom stereocenters. The molecule has 1 aromatic carbocycles. The fourth-order valence-corrected chi connectivity index (χ4v) is 1.11. The third kappa shape index (κ3) is 0.756. The van der Waals surface area contributed by atoms with Crippen LogP contribution in [0, 0.1) is 10.1 Å². The van der Waals surface area contributed by atoms with Crippen molar-refractivity contribution < 1.29 is 4.92 Å². The molecule has 0 bridgehead atoms. The Morgan fingerprint density at radius 2 is 2.18 bits per heavy atom. The summed E-state index contributed by atoms with van der Waals surface area (Å²) in [5.74, 6) is 0. The van der Waals surface area contributed by atoms with E-state index in [1.165, 1.54) is 6.07 Å². The van der Waals surface area contributed by atoms with Gasteiger partial charge in [0.05, 0.1) is 16.3 Å². The van der Waals surface area contributed by atoms with Crippen molar-refractivity contribution in [3.63, 3.8) is 0 Å². The summed E-state index contributed by atoms with van der Waals surface area (Å²) in [5, 5.41) is 10.3. The first kappa shape index (κ1) is 6.15. The SMILES string of the molecule is CN1c2ccc([N+](=O)[O-])cc21. The van der Waals surface area contributed by atoms with Crippen molar-refractivity contribution in [3.05, 3.63) is 28.3 Å². The van der Waals surface area contributed by atoms with Gasteiger partial charge in [-0.3, -0.25) is 10.1 Å². The zero-order chi connectivity index (χ0) is 8.01. The Labute approximate surface area is 63.2 Å². The van der Waals surface area contributed by atoms with Crippen LogP contribution in [0.2, 0.25) is 0 Å². The summed E-state index contributed by atoms with van der Waals surface area (Å²) >= 11 is 0. The molecule has 0 aliphatic carbocycles. The highest BCUT2D eigenvalue weighted by Gasteiger charge is 2.26. The first-order valence-corrected chi connectivity index (χ1v) is 3.22. The van der Waals surface area contributed by atoms with Crippen LogP contribution < -0.4 is 4.90 Å². The van der Waals surface area contributed by atoms with Crippen molar-refractivity contribution >= 4 is 17.1 Å². The number of anilines is 2. The lowest BCUT2D eigenvalue weighted by molar-refractivity contribution is -0.384. The molecule has 1 aromatic rings. The number of rotatable bonds is 1. The molecule has 0 radical (unpaired) electrons. The summed E-state index contributed by atoms with van der Waals surface area (Å²) in [6.07, 6.45) is 0. The van der Waals surface area contributed by atoms with E-state index in [2.05, 4.69) is 0 Å². The molecule has 2 rings (SSSR count). The Morgan fingerprint density at radius 1 is 1.45 bits per heavy atom. The predicted molar refractivity (Wildman–Crippen MR) is 41.2 cm³/mol. The smallest absolute Gasteiger partial charge is 0.271 e. The van der Waals surface area contributed by atoms with E-state index in [0.29, 0.717) is 0 Å². The minimum atomic E-state index is -0.382. The van der Waals surface area contributed by atoms with E-state index in [0.717, 1.165) is 11.4 Å². The van der Waals surface area contributed by atoms with Gasteiger partial charge in [-0.05, 0) is 6.07 Å². The van der Waals surface area contributed by atoms with Crippen LogP contribution in [-0.4, -0.2) is 12.0 Å². The monoisotopic (exact) mass is 150 g/mol. The summed E-state index contributed by atoms with van der Waals surface area (Å²) in [6.45, 7) is 0. The van der Waals surface area contributed by atoms with Gasteiger partial charge in [0.25, 0.3) is 5.69 Å². The summed E-state index contributed by atoms with van der Waals surface area (Å²) in [4.78, 5) is 11.8. The molecule has 11 heavy (non-hydrogen) atoms. The fourth-order valence-electron chi connectivity index (χ4n) is 1.11. The third-order valence-corrected chi connectivity index (χ3v) is 1.84. The second-order valence-corrected chi connectivity index (χ2v) is 2.49. The van der Waals surface area contributed by atoms with Gasteiger partial charge < -0.3 is 4.90 Å². The zero-order valence-electron chi connectivity index (χ0n) is 5.94. The Morgan fingerprint density at radius 3 is 2.73 bits per heavy atom. The van der Waals surface area contributed by atoms with Crippen molar-refractivity contribution in [1.29, 1.82) is 0 Å². The van der Waals surface area contributed by atoms with Gasteiger partial charge in [-0.2, -0.15) is 0 Å². The molecule has 4 heteroatoms. The molecule has 0 aromatic heterocycles. The summed E-state index contributed by atoms with van der Waals surface area (Å²) in [5.41, 5.74) is 2.20. The number of non-ortho nitro benzene ring substituents is 1. The lowest BCUT2D eigenvalue weighted by atomic mass is 10.3. The van der Waals surface area contributed by atoms with Crippen LogP contribution in [0.1, 0.15) is 0 Å². The fraction of sp³-hybridized carbons (Fsp3) is 0.143. The summed E-state index contributed by atoms with van der Waals surface area (Å²) in [7, 11) is 1.88. The predicted octanol–water partition coefficient (Wildman–Crippen LogP) is 1.68. The number of hydrogen-bond donors (Lipinski definition) is 0. The van der Waals surface area contributed by atoms with Gasteiger partial charge in [0.1, 0.15) is 0 Å². The van der Waals surface area contributed by atoms with Gasteiger partial charge in [0, 0.05) is 19.2 Å². The average molecular weight is 150 g/mol. The van der Waals surface area contributed by atoms with Crippen LogP contribution >= 0.6 is 0 Å². The number of hydrogen-bond acceptors (Lipinski definition) is 3. The zero-order valence-corrected chi connectivity index (χ0v) is 5.94. The molecule has 0 spiro atoms. The van der Waals surface area contributed by atoms with Crippen molar-refractivity contribution in [3.8, 4) is 0 Å². The van der Waals surface area contributed by atoms with Crippen LogP contribution in [-0.2, 0) is 0 Å². The molecule has 4 nitrogen and oxygen atoms in total. The minimum absolute atomic E-state index is 0.160. The summed E-state index contributed by atoms with van der Waals surface area (Å²) in [6, 6.07) is 4.85. The Kier molecular flexibility index (Phi) is 0.961. The number of benzene rings is 1.